The van der Waals surface area contributed by atoms with Crippen molar-refractivity contribution in [3.63, 3.8) is 0 Å². The maximum Gasteiger partial charge on any atom is 0.251 e. The molecule has 0 saturated heterocycles. The largest absolute Gasteiger partial charge is 0.377 e. The fraction of sp³-hybridized carbons (Fsp3) is 0.696. The third kappa shape index (κ3) is 5.55. The molecule has 0 bridgehead atoms. The van der Waals surface area contributed by atoms with E-state index in [9.17, 15) is 4.79 Å². The summed E-state index contributed by atoms with van der Waals surface area (Å²) in [5.74, 6) is 0.778. The van der Waals surface area contributed by atoms with Gasteiger partial charge in [0.15, 0.2) is 0 Å². The lowest BCUT2D eigenvalue weighted by Gasteiger charge is -2.30. The van der Waals surface area contributed by atoms with Gasteiger partial charge in [-0.3, -0.25) is 9.69 Å². The second kappa shape index (κ2) is 8.74. The molecule has 1 N–H and O–H groups in total. The van der Waals surface area contributed by atoms with Crippen LogP contribution >= 0.6 is 0 Å². The number of nitrogens with zero attached hydrogens (tertiary/aromatic N) is 1. The Kier molecular flexibility index (Phi) is 6.14. The van der Waals surface area contributed by atoms with Crippen molar-refractivity contribution in [1.29, 1.82) is 0 Å². The van der Waals surface area contributed by atoms with E-state index in [4.69, 9.17) is 4.74 Å². The molecule has 1 aromatic rings. The number of benzene rings is 1. The minimum absolute atomic E-state index is 0.0677. The fourth-order valence-electron chi connectivity index (χ4n) is 4.17. The summed E-state index contributed by atoms with van der Waals surface area (Å²) >= 11 is 0. The predicted octanol–water partition coefficient (Wildman–Crippen LogP) is 4.14. The van der Waals surface area contributed by atoms with Crippen LogP contribution in [0, 0.1) is 5.92 Å². The van der Waals surface area contributed by atoms with Crippen LogP contribution in [0.25, 0.3) is 0 Å². The van der Waals surface area contributed by atoms with Crippen molar-refractivity contribution in [2.75, 3.05) is 13.2 Å². The van der Waals surface area contributed by atoms with Crippen LogP contribution in [0.2, 0.25) is 0 Å². The van der Waals surface area contributed by atoms with Gasteiger partial charge >= 0.3 is 0 Å². The molecule has 4 nitrogen and oxygen atoms in total. The highest BCUT2D eigenvalue weighted by atomic mass is 16.5. The maximum atomic E-state index is 12.1. The van der Waals surface area contributed by atoms with Crippen LogP contribution in [-0.4, -0.2) is 42.1 Å². The topological polar surface area (TPSA) is 41.6 Å². The molecule has 2 unspecified atom stereocenters. The number of ether oxygens (including phenoxy) is 1. The van der Waals surface area contributed by atoms with Crippen LogP contribution in [0.15, 0.2) is 24.3 Å². The van der Waals surface area contributed by atoms with E-state index in [2.05, 4.69) is 29.3 Å². The first-order valence-corrected chi connectivity index (χ1v) is 10.9. The summed E-state index contributed by atoms with van der Waals surface area (Å²) in [5.41, 5.74) is 2.06. The SMILES string of the molecule is CC1CCCCC1OCCN(Cc1ccc(C(=O)NC2CC2)cc1)C1CC1. The zero-order chi connectivity index (χ0) is 18.6. The molecule has 3 fully saturated rings. The van der Waals surface area contributed by atoms with E-state index in [0.29, 0.717) is 18.1 Å². The quantitative estimate of drug-likeness (QED) is 0.710. The van der Waals surface area contributed by atoms with Gasteiger partial charge in [0.05, 0.1) is 12.7 Å². The Morgan fingerprint density at radius 1 is 1.07 bits per heavy atom. The summed E-state index contributed by atoms with van der Waals surface area (Å²) < 4.78 is 6.24. The standard InChI is InChI=1S/C23H34N2O2/c1-17-4-2-3-5-22(17)27-15-14-25(21-12-13-21)16-18-6-8-19(9-7-18)23(26)24-20-10-11-20/h6-9,17,20-22H,2-5,10-16H2,1H3,(H,24,26). The zero-order valence-electron chi connectivity index (χ0n) is 16.7. The summed E-state index contributed by atoms with van der Waals surface area (Å²) in [6.45, 7) is 5.15. The van der Waals surface area contributed by atoms with E-state index in [0.717, 1.165) is 44.1 Å². The van der Waals surface area contributed by atoms with E-state index < -0.39 is 0 Å². The van der Waals surface area contributed by atoms with Crippen LogP contribution in [-0.2, 0) is 11.3 Å². The number of nitrogens with one attached hydrogen (secondary N) is 1. The van der Waals surface area contributed by atoms with Gasteiger partial charge < -0.3 is 10.1 Å². The third-order valence-corrected chi connectivity index (χ3v) is 6.32. The van der Waals surface area contributed by atoms with Crippen molar-refractivity contribution in [3.8, 4) is 0 Å². The number of carbonyl (C=O) groups excluding carboxylic acids is 1. The molecule has 3 aliphatic rings. The molecule has 4 rings (SSSR count). The normalized spacial score (nSPS) is 25.6. The summed E-state index contributed by atoms with van der Waals surface area (Å²) in [4.78, 5) is 14.7. The van der Waals surface area contributed by atoms with E-state index >= 15 is 0 Å². The van der Waals surface area contributed by atoms with E-state index in [1.54, 1.807) is 0 Å². The van der Waals surface area contributed by atoms with Gasteiger partial charge in [0.1, 0.15) is 0 Å². The lowest BCUT2D eigenvalue weighted by molar-refractivity contribution is -0.0153. The van der Waals surface area contributed by atoms with Crippen LogP contribution < -0.4 is 5.32 Å². The van der Waals surface area contributed by atoms with E-state index in [-0.39, 0.29) is 5.91 Å². The zero-order valence-corrected chi connectivity index (χ0v) is 16.7. The lowest BCUT2D eigenvalue weighted by atomic mass is 9.88. The van der Waals surface area contributed by atoms with Gasteiger partial charge in [-0.1, -0.05) is 31.9 Å². The summed E-state index contributed by atoms with van der Waals surface area (Å²) in [6.07, 6.45) is 10.6. The highest BCUT2D eigenvalue weighted by Gasteiger charge is 2.29. The first-order valence-electron chi connectivity index (χ1n) is 10.9. The minimum atomic E-state index is 0.0677. The molecule has 0 spiro atoms. The van der Waals surface area contributed by atoms with Crippen molar-refractivity contribution < 1.29 is 9.53 Å². The Bertz CT molecular complexity index is 622. The van der Waals surface area contributed by atoms with E-state index in [1.807, 2.05) is 12.1 Å². The first kappa shape index (κ1) is 18.9. The minimum Gasteiger partial charge on any atom is -0.377 e. The van der Waals surface area contributed by atoms with Crippen molar-refractivity contribution in [3.05, 3.63) is 35.4 Å². The van der Waals surface area contributed by atoms with Crippen molar-refractivity contribution in [2.24, 2.45) is 5.92 Å². The Morgan fingerprint density at radius 3 is 2.48 bits per heavy atom. The van der Waals surface area contributed by atoms with E-state index in [1.165, 1.54) is 44.1 Å². The average molecular weight is 371 g/mol. The summed E-state index contributed by atoms with van der Waals surface area (Å²) in [7, 11) is 0. The fourth-order valence-corrected chi connectivity index (χ4v) is 4.17. The van der Waals surface area contributed by atoms with Gasteiger partial charge in [-0.2, -0.15) is 0 Å². The van der Waals surface area contributed by atoms with Gasteiger partial charge in [0.25, 0.3) is 5.91 Å². The Balaban J connectivity index is 1.26. The molecule has 148 valence electrons. The highest BCUT2D eigenvalue weighted by molar-refractivity contribution is 5.94. The highest BCUT2D eigenvalue weighted by Crippen LogP contribution is 2.29. The second-order valence-electron chi connectivity index (χ2n) is 8.82. The Hall–Kier alpha value is -1.39. The lowest BCUT2D eigenvalue weighted by Crippen LogP contribution is -2.33. The molecule has 0 aromatic heterocycles. The molecule has 4 heteroatoms. The first-order chi connectivity index (χ1) is 13.2. The number of amides is 1. The maximum absolute atomic E-state index is 12.1. The number of hydrogen-bond donors (Lipinski definition) is 1. The molecule has 2 atom stereocenters. The molecule has 0 radical (unpaired) electrons. The van der Waals surface area contributed by atoms with Crippen molar-refractivity contribution in [1.82, 2.24) is 10.2 Å². The van der Waals surface area contributed by atoms with Gasteiger partial charge in [-0.25, -0.2) is 0 Å². The van der Waals surface area contributed by atoms with Crippen LogP contribution in [0.3, 0.4) is 0 Å². The van der Waals surface area contributed by atoms with Gasteiger partial charge in [-0.05, 0) is 62.1 Å². The summed E-state index contributed by atoms with van der Waals surface area (Å²) in [5, 5.41) is 3.06. The molecule has 27 heavy (non-hydrogen) atoms. The third-order valence-electron chi connectivity index (χ3n) is 6.32. The summed E-state index contributed by atoms with van der Waals surface area (Å²) in [6, 6.07) is 9.30. The average Bonchev–Trinajstić information content (AvgIpc) is 3.57. The molecule has 3 aliphatic carbocycles. The number of hydrogen-bond acceptors (Lipinski definition) is 3. The number of rotatable bonds is 9. The Morgan fingerprint density at radius 2 is 1.81 bits per heavy atom. The molecule has 3 saturated carbocycles. The van der Waals surface area contributed by atoms with Gasteiger partial charge in [-0.15, -0.1) is 0 Å². The van der Waals surface area contributed by atoms with Crippen molar-refractivity contribution in [2.45, 2.75) is 83.0 Å². The molecule has 1 aromatic carbocycles. The van der Waals surface area contributed by atoms with Gasteiger partial charge in [0.2, 0.25) is 0 Å². The molecule has 0 heterocycles. The molecule has 1 amide bonds. The molecule has 0 aliphatic heterocycles. The smallest absolute Gasteiger partial charge is 0.251 e. The number of carbonyl (C=O) groups is 1. The monoisotopic (exact) mass is 370 g/mol. The van der Waals surface area contributed by atoms with Crippen LogP contribution in [0.4, 0.5) is 0 Å². The van der Waals surface area contributed by atoms with Crippen LogP contribution in [0.1, 0.15) is 74.2 Å². The molecular weight excluding hydrogens is 336 g/mol. The predicted molar refractivity (Wildman–Crippen MR) is 108 cm³/mol. The second-order valence-corrected chi connectivity index (χ2v) is 8.82. The molecular formula is C23H34N2O2. The van der Waals surface area contributed by atoms with Crippen LogP contribution in [0.5, 0.6) is 0 Å². The van der Waals surface area contributed by atoms with Gasteiger partial charge in [0, 0.05) is 30.7 Å². The Labute approximate surface area is 163 Å². The van der Waals surface area contributed by atoms with Crippen molar-refractivity contribution >= 4 is 5.91 Å².